The van der Waals surface area contributed by atoms with Crippen molar-refractivity contribution in [3.63, 3.8) is 0 Å². The van der Waals surface area contributed by atoms with Crippen LogP contribution in [0.15, 0.2) is 12.3 Å². The van der Waals surface area contributed by atoms with E-state index in [9.17, 15) is 4.79 Å². The molecule has 1 unspecified atom stereocenters. The monoisotopic (exact) mass is 237 g/mol. The molecule has 1 aromatic rings. The van der Waals surface area contributed by atoms with Gasteiger partial charge in [-0.3, -0.25) is 0 Å². The van der Waals surface area contributed by atoms with Gasteiger partial charge in [-0.25, -0.2) is 9.78 Å². The number of hydrogen-bond acceptors (Lipinski definition) is 5. The highest BCUT2D eigenvalue weighted by atomic mass is 16.5. The van der Waals surface area contributed by atoms with Gasteiger partial charge < -0.3 is 14.7 Å². The fraction of sp³-hybridized carbons (Fsp3) is 0.545. The minimum Gasteiger partial charge on any atom is -0.480 e. The predicted octanol–water partition coefficient (Wildman–Crippen LogP) is 0.929. The zero-order chi connectivity index (χ0) is 12.3. The van der Waals surface area contributed by atoms with Crippen LogP contribution in [0.3, 0.4) is 0 Å². The van der Waals surface area contributed by atoms with Crippen molar-refractivity contribution < 1.29 is 14.6 Å². The average Bonchev–Trinajstić information content (AvgIpc) is 2.79. The summed E-state index contributed by atoms with van der Waals surface area (Å²) in [6, 6.07) is 1.14. The number of aromatic nitrogens is 2. The number of ether oxygens (including phenoxy) is 1. The van der Waals surface area contributed by atoms with Crippen molar-refractivity contribution in [1.29, 1.82) is 0 Å². The van der Waals surface area contributed by atoms with Crippen LogP contribution in [-0.4, -0.2) is 40.2 Å². The lowest BCUT2D eigenvalue weighted by atomic mass is 10.2. The van der Waals surface area contributed by atoms with Gasteiger partial charge in [0, 0.05) is 18.8 Å². The molecule has 1 saturated heterocycles. The summed E-state index contributed by atoms with van der Waals surface area (Å²) in [5.74, 6) is 0.0855. The van der Waals surface area contributed by atoms with Gasteiger partial charge in [0.1, 0.15) is 6.04 Å². The standard InChI is InChI=1S/C11H15N3O3/c1-2-17-9-5-6-12-11(13-9)14-7-3-4-8(14)10(15)16/h5-6,8H,2-4,7H2,1H3,(H,15,16). The van der Waals surface area contributed by atoms with Crippen LogP contribution < -0.4 is 9.64 Å². The van der Waals surface area contributed by atoms with E-state index in [1.807, 2.05) is 6.92 Å². The van der Waals surface area contributed by atoms with Gasteiger partial charge in [0.2, 0.25) is 11.8 Å². The third-order valence-electron chi connectivity index (χ3n) is 2.70. The Morgan fingerprint density at radius 1 is 1.71 bits per heavy atom. The molecule has 1 aliphatic rings. The van der Waals surface area contributed by atoms with Crippen LogP contribution in [-0.2, 0) is 4.79 Å². The van der Waals surface area contributed by atoms with Crippen molar-refractivity contribution in [2.75, 3.05) is 18.1 Å². The molecule has 1 N–H and O–H groups in total. The number of aliphatic carboxylic acids is 1. The zero-order valence-electron chi connectivity index (χ0n) is 9.67. The number of carboxylic acids is 1. The summed E-state index contributed by atoms with van der Waals surface area (Å²) >= 11 is 0. The molecule has 1 aromatic heterocycles. The fourth-order valence-corrected chi connectivity index (χ4v) is 1.96. The number of anilines is 1. The molecule has 1 fully saturated rings. The number of hydrogen-bond donors (Lipinski definition) is 1. The predicted molar refractivity (Wildman–Crippen MR) is 61.2 cm³/mol. The van der Waals surface area contributed by atoms with E-state index in [0.717, 1.165) is 6.42 Å². The Kier molecular flexibility index (Phi) is 3.41. The summed E-state index contributed by atoms with van der Waals surface area (Å²) < 4.78 is 5.28. The maximum atomic E-state index is 11.1. The van der Waals surface area contributed by atoms with Crippen LogP contribution in [0, 0.1) is 0 Å². The summed E-state index contributed by atoms with van der Waals surface area (Å²) in [4.78, 5) is 21.1. The smallest absolute Gasteiger partial charge is 0.326 e. The number of nitrogens with zero attached hydrogens (tertiary/aromatic N) is 3. The van der Waals surface area contributed by atoms with Crippen molar-refractivity contribution in [2.24, 2.45) is 0 Å². The summed E-state index contributed by atoms with van der Waals surface area (Å²) in [6.45, 7) is 3.07. The molecule has 0 saturated carbocycles. The highest BCUT2D eigenvalue weighted by molar-refractivity contribution is 5.78. The van der Waals surface area contributed by atoms with Crippen molar-refractivity contribution in [2.45, 2.75) is 25.8 Å². The lowest BCUT2D eigenvalue weighted by molar-refractivity contribution is -0.138. The molecule has 0 aromatic carbocycles. The Hall–Kier alpha value is -1.85. The van der Waals surface area contributed by atoms with Gasteiger partial charge in [-0.15, -0.1) is 0 Å². The van der Waals surface area contributed by atoms with E-state index in [4.69, 9.17) is 9.84 Å². The number of carbonyl (C=O) groups is 1. The molecule has 0 spiro atoms. The van der Waals surface area contributed by atoms with Crippen LogP contribution in [0.1, 0.15) is 19.8 Å². The van der Waals surface area contributed by atoms with Gasteiger partial charge in [0.15, 0.2) is 0 Å². The minimum atomic E-state index is -0.826. The van der Waals surface area contributed by atoms with Gasteiger partial charge in [-0.1, -0.05) is 0 Å². The van der Waals surface area contributed by atoms with Gasteiger partial charge in [0.05, 0.1) is 6.61 Å². The summed E-state index contributed by atoms with van der Waals surface area (Å²) in [5.41, 5.74) is 0. The first-order valence-electron chi connectivity index (χ1n) is 5.67. The Morgan fingerprint density at radius 2 is 2.53 bits per heavy atom. The molecule has 0 bridgehead atoms. The third kappa shape index (κ3) is 2.46. The Morgan fingerprint density at radius 3 is 3.24 bits per heavy atom. The second kappa shape index (κ2) is 4.99. The molecule has 6 heteroatoms. The average molecular weight is 237 g/mol. The maximum absolute atomic E-state index is 11.1. The molecule has 0 amide bonds. The second-order valence-electron chi connectivity index (χ2n) is 3.82. The summed E-state index contributed by atoms with van der Waals surface area (Å²) in [7, 11) is 0. The van der Waals surface area contributed by atoms with Crippen molar-refractivity contribution >= 4 is 11.9 Å². The van der Waals surface area contributed by atoms with Crippen molar-refractivity contribution in [3.8, 4) is 5.88 Å². The molecule has 92 valence electrons. The molecule has 2 rings (SSSR count). The molecule has 2 heterocycles. The van der Waals surface area contributed by atoms with Crippen LogP contribution in [0.2, 0.25) is 0 Å². The first-order chi connectivity index (χ1) is 8.22. The largest absolute Gasteiger partial charge is 0.480 e. The van der Waals surface area contributed by atoms with Gasteiger partial charge >= 0.3 is 5.97 Å². The SMILES string of the molecule is CCOc1ccnc(N2CCCC2C(=O)O)n1. The van der Waals surface area contributed by atoms with Gasteiger partial charge in [0.25, 0.3) is 0 Å². The van der Waals surface area contributed by atoms with Gasteiger partial charge in [-0.05, 0) is 19.8 Å². The fourth-order valence-electron chi connectivity index (χ4n) is 1.96. The normalized spacial score (nSPS) is 19.4. The summed E-state index contributed by atoms with van der Waals surface area (Å²) in [6.07, 6.45) is 3.07. The van der Waals surface area contributed by atoms with Crippen LogP contribution >= 0.6 is 0 Å². The zero-order valence-corrected chi connectivity index (χ0v) is 9.67. The summed E-state index contributed by atoms with van der Waals surface area (Å²) in [5, 5.41) is 9.09. The van der Waals surface area contributed by atoms with Crippen molar-refractivity contribution in [1.82, 2.24) is 9.97 Å². The molecular weight excluding hydrogens is 222 g/mol. The quantitative estimate of drug-likeness (QED) is 0.839. The molecule has 0 radical (unpaired) electrons. The molecular formula is C11H15N3O3. The minimum absolute atomic E-state index is 0.431. The Bertz CT molecular complexity index is 411. The highest BCUT2D eigenvalue weighted by Gasteiger charge is 2.32. The lowest BCUT2D eigenvalue weighted by Crippen LogP contribution is -2.37. The Balaban J connectivity index is 2.21. The van der Waals surface area contributed by atoms with E-state index in [-0.39, 0.29) is 0 Å². The molecule has 1 atom stereocenters. The topological polar surface area (TPSA) is 75.5 Å². The van der Waals surface area contributed by atoms with E-state index in [1.54, 1.807) is 17.2 Å². The maximum Gasteiger partial charge on any atom is 0.326 e. The number of rotatable bonds is 4. The number of carboxylic acid groups (broad SMARTS) is 1. The van der Waals surface area contributed by atoms with Crippen LogP contribution in [0.5, 0.6) is 5.88 Å². The first-order valence-corrected chi connectivity index (χ1v) is 5.67. The van der Waals surface area contributed by atoms with E-state index in [1.165, 1.54) is 0 Å². The third-order valence-corrected chi connectivity index (χ3v) is 2.70. The molecule has 0 aliphatic carbocycles. The van der Waals surface area contributed by atoms with E-state index < -0.39 is 12.0 Å². The Labute approximate surface area is 99.2 Å². The molecule has 17 heavy (non-hydrogen) atoms. The van der Waals surface area contributed by atoms with E-state index in [0.29, 0.717) is 31.4 Å². The van der Waals surface area contributed by atoms with E-state index in [2.05, 4.69) is 9.97 Å². The lowest BCUT2D eigenvalue weighted by Gasteiger charge is -2.21. The molecule has 6 nitrogen and oxygen atoms in total. The highest BCUT2D eigenvalue weighted by Crippen LogP contribution is 2.23. The van der Waals surface area contributed by atoms with Crippen LogP contribution in [0.4, 0.5) is 5.95 Å². The molecule has 1 aliphatic heterocycles. The second-order valence-corrected chi connectivity index (χ2v) is 3.82. The van der Waals surface area contributed by atoms with Crippen molar-refractivity contribution in [3.05, 3.63) is 12.3 Å². The van der Waals surface area contributed by atoms with E-state index >= 15 is 0 Å². The first kappa shape index (κ1) is 11.6. The van der Waals surface area contributed by atoms with Gasteiger partial charge in [-0.2, -0.15) is 4.98 Å². The van der Waals surface area contributed by atoms with Crippen LogP contribution in [0.25, 0.3) is 0 Å².